The average Bonchev–Trinajstić information content (AvgIpc) is 3.28. The highest BCUT2D eigenvalue weighted by Gasteiger charge is 2.33. The third-order valence-electron chi connectivity index (χ3n) is 4.89. The Hall–Kier alpha value is -2.68. The fraction of sp³-hybridized carbons (Fsp3) is 0.375. The van der Waals surface area contributed by atoms with Gasteiger partial charge < -0.3 is 9.80 Å². The first-order chi connectivity index (χ1) is 12.2. The Labute approximate surface area is 148 Å². The molecular formula is C16H17N7OS. The van der Waals surface area contributed by atoms with Crippen molar-refractivity contribution in [2.24, 2.45) is 0 Å². The first kappa shape index (κ1) is 14.6. The molecule has 0 bridgehead atoms. The molecule has 2 fully saturated rings. The van der Waals surface area contributed by atoms with Crippen LogP contribution in [0.3, 0.4) is 0 Å². The molecule has 5 rings (SSSR count). The number of rotatable bonds is 3. The molecule has 3 aromatic rings. The largest absolute Gasteiger partial charge is 0.352 e. The van der Waals surface area contributed by atoms with Crippen LogP contribution in [0.2, 0.25) is 0 Å². The van der Waals surface area contributed by atoms with Gasteiger partial charge in [0.15, 0.2) is 0 Å². The quantitative estimate of drug-likeness (QED) is 0.717. The Morgan fingerprint density at radius 1 is 1.24 bits per heavy atom. The van der Waals surface area contributed by atoms with Gasteiger partial charge in [-0.1, -0.05) is 0 Å². The number of anilines is 2. The second-order valence-electron chi connectivity index (χ2n) is 6.43. The molecule has 2 aliphatic heterocycles. The zero-order valence-electron chi connectivity index (χ0n) is 13.7. The average molecular weight is 355 g/mol. The molecule has 8 nitrogen and oxygen atoms in total. The Morgan fingerprint density at radius 3 is 2.92 bits per heavy atom. The number of aromatic nitrogens is 4. The molecule has 0 saturated carbocycles. The third-order valence-corrected chi connectivity index (χ3v) is 5.71. The van der Waals surface area contributed by atoms with Crippen LogP contribution < -0.4 is 9.80 Å². The second-order valence-corrected chi connectivity index (χ2v) is 7.32. The molecule has 0 aliphatic carbocycles. The minimum Gasteiger partial charge on any atom is -0.352 e. The molecule has 2 amide bonds. The van der Waals surface area contributed by atoms with Gasteiger partial charge in [-0.15, -0.1) is 11.3 Å². The summed E-state index contributed by atoms with van der Waals surface area (Å²) in [5.74, 6) is 0.992. The molecule has 25 heavy (non-hydrogen) atoms. The molecule has 0 N–H and O–H groups in total. The Kier molecular flexibility index (Phi) is 3.17. The van der Waals surface area contributed by atoms with E-state index in [1.807, 2.05) is 23.3 Å². The van der Waals surface area contributed by atoms with Crippen LogP contribution in [0.15, 0.2) is 30.2 Å². The molecule has 2 saturated heterocycles. The highest BCUT2D eigenvalue weighted by molar-refractivity contribution is 7.16. The lowest BCUT2D eigenvalue weighted by Crippen LogP contribution is -2.48. The fourth-order valence-corrected chi connectivity index (χ4v) is 4.11. The van der Waals surface area contributed by atoms with Crippen molar-refractivity contribution in [1.29, 1.82) is 0 Å². The molecule has 3 aromatic heterocycles. The van der Waals surface area contributed by atoms with Crippen LogP contribution >= 0.6 is 11.3 Å². The Balaban J connectivity index is 1.31. The number of nitrogens with zero attached hydrogens (tertiary/aromatic N) is 7. The van der Waals surface area contributed by atoms with Crippen molar-refractivity contribution in [3.63, 3.8) is 0 Å². The molecule has 128 valence electrons. The van der Waals surface area contributed by atoms with Crippen molar-refractivity contribution in [3.05, 3.63) is 30.2 Å². The van der Waals surface area contributed by atoms with Crippen LogP contribution in [0, 0.1) is 0 Å². The van der Waals surface area contributed by atoms with Crippen LogP contribution in [0.5, 0.6) is 0 Å². The van der Waals surface area contributed by atoms with E-state index in [9.17, 15) is 4.79 Å². The van der Waals surface area contributed by atoms with Crippen molar-refractivity contribution < 1.29 is 4.79 Å². The highest BCUT2D eigenvalue weighted by atomic mass is 32.1. The second kappa shape index (κ2) is 5.41. The Morgan fingerprint density at radius 2 is 2.12 bits per heavy atom. The molecule has 9 heteroatoms. The number of fused-ring (bicyclic) bond motifs is 1. The zero-order valence-corrected chi connectivity index (χ0v) is 14.6. The zero-order chi connectivity index (χ0) is 17.0. The van der Waals surface area contributed by atoms with Crippen LogP contribution in [0.1, 0.15) is 6.04 Å². The monoisotopic (exact) mass is 355 g/mol. The summed E-state index contributed by atoms with van der Waals surface area (Å²) in [7, 11) is 1.82. The minimum absolute atomic E-state index is 0.0376. The van der Waals surface area contributed by atoms with Crippen LogP contribution in [-0.4, -0.2) is 63.9 Å². The van der Waals surface area contributed by atoms with Crippen LogP contribution in [0.4, 0.5) is 16.3 Å². The van der Waals surface area contributed by atoms with Crippen molar-refractivity contribution in [2.75, 3.05) is 43.0 Å². The first-order valence-electron chi connectivity index (χ1n) is 8.20. The van der Waals surface area contributed by atoms with Gasteiger partial charge in [-0.25, -0.2) is 14.8 Å². The highest BCUT2D eigenvalue weighted by Crippen LogP contribution is 2.33. The number of amides is 2. The summed E-state index contributed by atoms with van der Waals surface area (Å²) in [6, 6.07) is 2.41. The van der Waals surface area contributed by atoms with Gasteiger partial charge in [-0.05, 0) is 11.4 Å². The lowest BCUT2D eigenvalue weighted by molar-refractivity contribution is 0.229. The molecule has 0 spiro atoms. The summed E-state index contributed by atoms with van der Waals surface area (Å²) in [6.07, 6.45) is 5.38. The van der Waals surface area contributed by atoms with E-state index in [-0.39, 0.29) is 6.03 Å². The summed E-state index contributed by atoms with van der Waals surface area (Å²) in [5.41, 5.74) is 0.870. The van der Waals surface area contributed by atoms with Crippen LogP contribution in [0.25, 0.3) is 10.2 Å². The van der Waals surface area contributed by atoms with E-state index in [1.165, 1.54) is 0 Å². The van der Waals surface area contributed by atoms with E-state index in [0.29, 0.717) is 6.04 Å². The van der Waals surface area contributed by atoms with E-state index < -0.39 is 0 Å². The third kappa shape index (κ3) is 2.26. The first-order valence-corrected chi connectivity index (χ1v) is 9.08. The fourth-order valence-electron chi connectivity index (χ4n) is 3.38. The SMILES string of the molecule is CN1CCN(c2cnn(C3CN(c4ncnc5sccc45)C3)c2)C1=O. The normalized spacial score (nSPS) is 18.4. The minimum atomic E-state index is 0.0376. The number of thiophene rings is 1. The van der Waals surface area contributed by atoms with Gasteiger partial charge in [0, 0.05) is 39.4 Å². The van der Waals surface area contributed by atoms with Gasteiger partial charge in [0.05, 0.1) is 23.3 Å². The summed E-state index contributed by atoms with van der Waals surface area (Å²) in [6.45, 7) is 3.19. The van der Waals surface area contributed by atoms with Gasteiger partial charge in [0.2, 0.25) is 0 Å². The maximum absolute atomic E-state index is 12.1. The maximum Gasteiger partial charge on any atom is 0.324 e. The van der Waals surface area contributed by atoms with Gasteiger partial charge >= 0.3 is 6.03 Å². The topological polar surface area (TPSA) is 70.4 Å². The van der Waals surface area contributed by atoms with Gasteiger partial charge in [-0.2, -0.15) is 5.10 Å². The van der Waals surface area contributed by atoms with Crippen molar-refractivity contribution in [2.45, 2.75) is 6.04 Å². The number of hydrogen-bond donors (Lipinski definition) is 0. The maximum atomic E-state index is 12.1. The van der Waals surface area contributed by atoms with Crippen molar-refractivity contribution in [3.8, 4) is 0 Å². The molecule has 0 radical (unpaired) electrons. The Bertz CT molecular complexity index is 945. The van der Waals surface area contributed by atoms with Gasteiger partial charge in [0.25, 0.3) is 0 Å². The molecule has 2 aliphatic rings. The number of hydrogen-bond acceptors (Lipinski definition) is 6. The van der Waals surface area contributed by atoms with Crippen molar-refractivity contribution >= 4 is 39.1 Å². The molecule has 0 unspecified atom stereocenters. The van der Waals surface area contributed by atoms with E-state index in [1.54, 1.807) is 33.7 Å². The van der Waals surface area contributed by atoms with Crippen LogP contribution in [-0.2, 0) is 0 Å². The summed E-state index contributed by atoms with van der Waals surface area (Å²) >= 11 is 1.63. The number of likely N-dealkylation sites (N-methyl/N-ethyl adjacent to an activating group) is 1. The van der Waals surface area contributed by atoms with E-state index in [2.05, 4.69) is 26.0 Å². The number of carbonyl (C=O) groups is 1. The van der Waals surface area contributed by atoms with Crippen molar-refractivity contribution in [1.82, 2.24) is 24.6 Å². The summed E-state index contributed by atoms with van der Waals surface area (Å²) in [5, 5.41) is 7.62. The molecule has 0 aromatic carbocycles. The standard InChI is InChI=1S/C16H17N7OS/c1-20-3-4-22(16(20)24)11-6-19-23(9-11)12-7-21(8-12)14-13-2-5-25-15(13)18-10-17-14/h2,5-6,9-10,12H,3-4,7-8H2,1H3. The predicted molar refractivity (Wildman–Crippen MR) is 96.3 cm³/mol. The van der Waals surface area contributed by atoms with E-state index >= 15 is 0 Å². The summed E-state index contributed by atoms with van der Waals surface area (Å²) in [4.78, 5) is 27.6. The van der Waals surface area contributed by atoms with E-state index in [4.69, 9.17) is 0 Å². The lowest BCUT2D eigenvalue weighted by atomic mass is 10.1. The molecule has 0 atom stereocenters. The number of urea groups is 1. The van der Waals surface area contributed by atoms with Gasteiger partial charge in [0.1, 0.15) is 17.0 Å². The predicted octanol–water partition coefficient (Wildman–Crippen LogP) is 1.82. The molecular weight excluding hydrogens is 338 g/mol. The molecule has 5 heterocycles. The number of carbonyl (C=O) groups excluding carboxylic acids is 1. The summed E-state index contributed by atoms with van der Waals surface area (Å²) < 4.78 is 1.96. The lowest BCUT2D eigenvalue weighted by Gasteiger charge is -2.40. The van der Waals surface area contributed by atoms with E-state index in [0.717, 1.165) is 47.9 Å². The van der Waals surface area contributed by atoms with Gasteiger partial charge in [-0.3, -0.25) is 9.58 Å². The smallest absolute Gasteiger partial charge is 0.324 e.